The molecule has 1 amide bonds. The molecule has 1 aromatic heterocycles. The minimum atomic E-state index is -0.275. The van der Waals surface area contributed by atoms with Gasteiger partial charge in [0.25, 0.3) is 5.91 Å². The van der Waals surface area contributed by atoms with Crippen LogP contribution in [0.1, 0.15) is 49.8 Å². The number of hydrogen-bond donors (Lipinski definition) is 0. The molecule has 0 aliphatic heterocycles. The van der Waals surface area contributed by atoms with Gasteiger partial charge in [0.05, 0.1) is 17.6 Å². The molecular formula is C23H27BrFN3O. The number of aryl methyl sites for hydroxylation is 1. The van der Waals surface area contributed by atoms with Crippen molar-refractivity contribution in [3.05, 3.63) is 64.1 Å². The maximum Gasteiger partial charge on any atom is 0.254 e. The standard InChI is InChI=1S/C23H27BrFN3O/c1-4-11-28-21-14-19(25)8-9-20(21)26-22(28)15-27(12-10-16(2)3)23(29)17-6-5-7-18(24)13-17/h5-9,13-14,16H,4,10-12,15H2,1-3H3. The van der Waals surface area contributed by atoms with Gasteiger partial charge in [0, 0.05) is 23.1 Å². The lowest BCUT2D eigenvalue weighted by atomic mass is 10.1. The minimum absolute atomic E-state index is 0.0202. The van der Waals surface area contributed by atoms with E-state index in [-0.39, 0.29) is 11.7 Å². The maximum absolute atomic E-state index is 13.8. The lowest BCUT2D eigenvalue weighted by Gasteiger charge is -2.24. The molecule has 0 aliphatic carbocycles. The van der Waals surface area contributed by atoms with E-state index >= 15 is 0 Å². The molecule has 0 N–H and O–H groups in total. The average Bonchev–Trinajstić information content (AvgIpc) is 3.01. The summed E-state index contributed by atoms with van der Waals surface area (Å²) in [4.78, 5) is 19.8. The van der Waals surface area contributed by atoms with Crippen LogP contribution in [0.4, 0.5) is 4.39 Å². The summed E-state index contributed by atoms with van der Waals surface area (Å²) in [7, 11) is 0. The van der Waals surface area contributed by atoms with Crippen LogP contribution >= 0.6 is 15.9 Å². The molecule has 0 unspecified atom stereocenters. The van der Waals surface area contributed by atoms with Gasteiger partial charge in [0.15, 0.2) is 0 Å². The number of halogens is 2. The highest BCUT2D eigenvalue weighted by Crippen LogP contribution is 2.21. The van der Waals surface area contributed by atoms with Crippen molar-refractivity contribution < 1.29 is 9.18 Å². The summed E-state index contributed by atoms with van der Waals surface area (Å²) in [6.45, 7) is 8.16. The molecule has 29 heavy (non-hydrogen) atoms. The maximum atomic E-state index is 13.8. The first-order chi connectivity index (χ1) is 13.9. The number of carbonyl (C=O) groups excluding carboxylic acids is 1. The van der Waals surface area contributed by atoms with Crippen molar-refractivity contribution >= 4 is 32.9 Å². The van der Waals surface area contributed by atoms with Crippen LogP contribution in [0.25, 0.3) is 11.0 Å². The lowest BCUT2D eigenvalue weighted by molar-refractivity contribution is 0.0729. The molecule has 3 aromatic rings. The third-order valence-electron chi connectivity index (χ3n) is 4.90. The highest BCUT2D eigenvalue weighted by molar-refractivity contribution is 9.10. The Balaban J connectivity index is 1.96. The number of hydrogen-bond acceptors (Lipinski definition) is 2. The minimum Gasteiger partial charge on any atom is -0.331 e. The molecule has 0 aliphatic rings. The average molecular weight is 460 g/mol. The van der Waals surface area contributed by atoms with E-state index in [2.05, 4.69) is 36.7 Å². The van der Waals surface area contributed by atoms with Gasteiger partial charge in [-0.3, -0.25) is 4.79 Å². The summed E-state index contributed by atoms with van der Waals surface area (Å²) >= 11 is 3.45. The molecule has 0 fully saturated rings. The summed E-state index contributed by atoms with van der Waals surface area (Å²) in [6, 6.07) is 12.1. The van der Waals surface area contributed by atoms with E-state index in [1.807, 2.05) is 33.7 Å². The van der Waals surface area contributed by atoms with Crippen LogP contribution in [0, 0.1) is 11.7 Å². The van der Waals surface area contributed by atoms with Gasteiger partial charge in [0.1, 0.15) is 11.6 Å². The summed E-state index contributed by atoms with van der Waals surface area (Å²) in [5, 5.41) is 0. The number of amides is 1. The molecule has 1 heterocycles. The van der Waals surface area contributed by atoms with Crippen molar-refractivity contribution in [3.63, 3.8) is 0 Å². The molecule has 6 heteroatoms. The van der Waals surface area contributed by atoms with Crippen LogP contribution in [-0.4, -0.2) is 26.9 Å². The van der Waals surface area contributed by atoms with Crippen LogP contribution in [0.2, 0.25) is 0 Å². The van der Waals surface area contributed by atoms with Crippen LogP contribution in [0.5, 0.6) is 0 Å². The van der Waals surface area contributed by atoms with E-state index in [1.165, 1.54) is 12.1 Å². The number of imidazole rings is 1. The number of carbonyl (C=O) groups is 1. The highest BCUT2D eigenvalue weighted by atomic mass is 79.9. The van der Waals surface area contributed by atoms with Crippen LogP contribution < -0.4 is 0 Å². The fraction of sp³-hybridized carbons (Fsp3) is 0.391. The molecule has 2 aromatic carbocycles. The zero-order chi connectivity index (χ0) is 21.0. The molecule has 154 valence electrons. The summed E-state index contributed by atoms with van der Waals surface area (Å²) in [5.74, 6) is 0.979. The van der Waals surface area contributed by atoms with Crippen molar-refractivity contribution in [1.82, 2.24) is 14.5 Å². The van der Waals surface area contributed by atoms with Gasteiger partial charge in [-0.05, 0) is 55.2 Å². The van der Waals surface area contributed by atoms with Crippen LogP contribution in [0.3, 0.4) is 0 Å². The Morgan fingerprint density at radius 3 is 2.72 bits per heavy atom. The SMILES string of the molecule is CCCn1c(CN(CCC(C)C)C(=O)c2cccc(Br)c2)nc2ccc(F)cc21. The normalized spacial score (nSPS) is 11.4. The molecule has 3 rings (SSSR count). The van der Waals surface area contributed by atoms with Gasteiger partial charge < -0.3 is 9.47 Å². The Morgan fingerprint density at radius 2 is 2.03 bits per heavy atom. The van der Waals surface area contributed by atoms with E-state index in [9.17, 15) is 9.18 Å². The lowest BCUT2D eigenvalue weighted by Crippen LogP contribution is -2.33. The second kappa shape index (κ2) is 9.53. The van der Waals surface area contributed by atoms with Gasteiger partial charge in [0.2, 0.25) is 0 Å². The second-order valence-corrected chi connectivity index (χ2v) is 8.65. The largest absolute Gasteiger partial charge is 0.331 e. The number of fused-ring (bicyclic) bond motifs is 1. The third kappa shape index (κ3) is 5.24. The van der Waals surface area contributed by atoms with E-state index in [0.717, 1.165) is 40.7 Å². The van der Waals surface area contributed by atoms with E-state index in [4.69, 9.17) is 4.98 Å². The van der Waals surface area contributed by atoms with Gasteiger partial charge in [-0.25, -0.2) is 9.37 Å². The first kappa shape index (κ1) is 21.5. The summed E-state index contributed by atoms with van der Waals surface area (Å²) in [6.07, 6.45) is 1.81. The van der Waals surface area contributed by atoms with Gasteiger partial charge in [-0.2, -0.15) is 0 Å². The second-order valence-electron chi connectivity index (χ2n) is 7.73. The molecule has 0 bridgehead atoms. The topological polar surface area (TPSA) is 38.1 Å². The smallest absolute Gasteiger partial charge is 0.254 e. The van der Waals surface area contributed by atoms with Gasteiger partial charge in [-0.1, -0.05) is 42.8 Å². The molecular weight excluding hydrogens is 433 g/mol. The van der Waals surface area contributed by atoms with E-state index in [1.54, 1.807) is 6.07 Å². The number of aromatic nitrogens is 2. The molecule has 0 saturated heterocycles. The Labute approximate surface area is 179 Å². The molecule has 0 spiro atoms. The van der Waals surface area contributed by atoms with Gasteiger partial charge >= 0.3 is 0 Å². The fourth-order valence-corrected chi connectivity index (χ4v) is 3.78. The van der Waals surface area contributed by atoms with Gasteiger partial charge in [-0.15, -0.1) is 0 Å². The third-order valence-corrected chi connectivity index (χ3v) is 5.40. The highest BCUT2D eigenvalue weighted by Gasteiger charge is 2.20. The van der Waals surface area contributed by atoms with Crippen LogP contribution in [0.15, 0.2) is 46.9 Å². The van der Waals surface area contributed by atoms with Crippen LogP contribution in [-0.2, 0) is 13.1 Å². The fourth-order valence-electron chi connectivity index (χ4n) is 3.38. The summed E-state index contributed by atoms with van der Waals surface area (Å²) < 4.78 is 16.7. The van der Waals surface area contributed by atoms with Crippen molar-refractivity contribution in [3.8, 4) is 0 Å². The van der Waals surface area contributed by atoms with E-state index in [0.29, 0.717) is 24.6 Å². The zero-order valence-corrected chi connectivity index (χ0v) is 18.7. The molecule has 0 radical (unpaired) electrons. The predicted molar refractivity (Wildman–Crippen MR) is 118 cm³/mol. The first-order valence-corrected chi connectivity index (χ1v) is 10.9. The quantitative estimate of drug-likeness (QED) is 0.411. The van der Waals surface area contributed by atoms with Crippen molar-refractivity contribution in [1.29, 1.82) is 0 Å². The van der Waals surface area contributed by atoms with Crippen molar-refractivity contribution in [2.45, 2.75) is 46.7 Å². The monoisotopic (exact) mass is 459 g/mol. The van der Waals surface area contributed by atoms with Crippen molar-refractivity contribution in [2.24, 2.45) is 5.92 Å². The molecule has 0 atom stereocenters. The number of nitrogens with zero attached hydrogens (tertiary/aromatic N) is 3. The van der Waals surface area contributed by atoms with Crippen molar-refractivity contribution in [2.75, 3.05) is 6.54 Å². The first-order valence-electron chi connectivity index (χ1n) is 10.1. The summed E-state index contributed by atoms with van der Waals surface area (Å²) in [5.41, 5.74) is 2.18. The number of benzene rings is 2. The Hall–Kier alpha value is -2.21. The van der Waals surface area contributed by atoms with E-state index < -0.39 is 0 Å². The molecule has 4 nitrogen and oxygen atoms in total. The Bertz CT molecular complexity index is 999. The number of rotatable bonds is 8. The Morgan fingerprint density at radius 1 is 1.24 bits per heavy atom. The Kier molecular flexibility index (Phi) is 7.06. The zero-order valence-electron chi connectivity index (χ0n) is 17.2. The molecule has 0 saturated carbocycles. The predicted octanol–water partition coefficient (Wildman–Crippen LogP) is 6.04.